The molecule has 1 unspecified atom stereocenters. The van der Waals surface area contributed by atoms with Gasteiger partial charge in [0.05, 0.1) is 19.3 Å². The Bertz CT molecular complexity index is 1170. The second-order valence-electron chi connectivity index (χ2n) is 14.6. The van der Waals surface area contributed by atoms with E-state index in [0.717, 1.165) is 57.8 Å². The second kappa shape index (κ2) is 38.9. The van der Waals surface area contributed by atoms with Gasteiger partial charge in [0.1, 0.15) is 12.6 Å². The summed E-state index contributed by atoms with van der Waals surface area (Å²) in [7, 11) is -4.73. The van der Waals surface area contributed by atoms with Crippen molar-refractivity contribution in [2.75, 3.05) is 19.8 Å². The van der Waals surface area contributed by atoms with E-state index in [-0.39, 0.29) is 25.6 Å². The molecule has 0 aromatic heterocycles. The van der Waals surface area contributed by atoms with Gasteiger partial charge >= 0.3 is 25.7 Å². The molecule has 0 radical (unpaired) electrons. The summed E-state index contributed by atoms with van der Waals surface area (Å²) in [5.74, 6) is -2.47. The minimum Gasteiger partial charge on any atom is -0.480 e. The number of aliphatic hydroxyl groups is 1. The number of nitrogens with two attached hydrogens (primary N) is 1. The summed E-state index contributed by atoms with van der Waals surface area (Å²) in [6.45, 7) is 2.46. The van der Waals surface area contributed by atoms with Crippen molar-refractivity contribution in [3.05, 3.63) is 48.6 Å². The van der Waals surface area contributed by atoms with Gasteiger partial charge in [0.2, 0.25) is 0 Å². The summed E-state index contributed by atoms with van der Waals surface area (Å²) in [5.41, 5.74) is 5.32. The Balaban J connectivity index is 4.46. The van der Waals surface area contributed by atoms with Crippen molar-refractivity contribution in [3.8, 4) is 0 Å². The van der Waals surface area contributed by atoms with E-state index in [0.29, 0.717) is 19.3 Å². The molecule has 330 valence electrons. The molecule has 0 fully saturated rings. The topological polar surface area (TPSA) is 192 Å². The number of carbonyl (C=O) groups is 3. The van der Waals surface area contributed by atoms with E-state index >= 15 is 0 Å². The highest BCUT2D eigenvalue weighted by Crippen LogP contribution is 2.43. The highest BCUT2D eigenvalue weighted by atomic mass is 31.2. The van der Waals surface area contributed by atoms with Gasteiger partial charge in [-0.25, -0.2) is 4.57 Å². The molecular weight excluding hydrogens is 749 g/mol. The molecule has 0 saturated heterocycles. The Morgan fingerprint density at radius 1 is 0.614 bits per heavy atom. The number of esters is 2. The fourth-order valence-corrected chi connectivity index (χ4v) is 6.40. The zero-order valence-corrected chi connectivity index (χ0v) is 36.2. The molecule has 0 amide bonds. The molecule has 0 rings (SSSR count). The van der Waals surface area contributed by atoms with Crippen LogP contribution in [0.15, 0.2) is 48.6 Å². The van der Waals surface area contributed by atoms with Gasteiger partial charge in [0, 0.05) is 12.8 Å². The van der Waals surface area contributed by atoms with Gasteiger partial charge in [0.15, 0.2) is 6.10 Å². The Morgan fingerprint density at radius 2 is 1.07 bits per heavy atom. The molecule has 0 spiro atoms. The number of carboxylic acids is 1. The first kappa shape index (κ1) is 54.4. The number of ether oxygens (including phenoxy) is 2. The Morgan fingerprint density at radius 3 is 1.58 bits per heavy atom. The van der Waals surface area contributed by atoms with Crippen LogP contribution in [-0.2, 0) is 37.5 Å². The van der Waals surface area contributed by atoms with Crippen LogP contribution in [0.5, 0.6) is 0 Å². The molecule has 5 N–H and O–H groups in total. The lowest BCUT2D eigenvalue weighted by atomic mass is 10.0. The first-order valence-electron chi connectivity index (χ1n) is 21.7. The third-order valence-corrected chi connectivity index (χ3v) is 10.2. The molecule has 13 heteroatoms. The smallest absolute Gasteiger partial charge is 0.472 e. The van der Waals surface area contributed by atoms with Crippen LogP contribution < -0.4 is 5.73 Å². The summed E-state index contributed by atoms with van der Waals surface area (Å²) in [6, 6.07) is -1.53. The lowest BCUT2D eigenvalue weighted by Crippen LogP contribution is -2.34. The summed E-state index contributed by atoms with van der Waals surface area (Å²) < 4.78 is 32.6. The summed E-state index contributed by atoms with van der Waals surface area (Å²) in [5, 5.41) is 18.4. The number of allylic oxidation sites excluding steroid dienone is 8. The number of hydrogen-bond acceptors (Lipinski definition) is 10. The molecule has 0 heterocycles. The van der Waals surface area contributed by atoms with E-state index in [1.54, 1.807) is 0 Å². The van der Waals surface area contributed by atoms with Crippen molar-refractivity contribution in [1.29, 1.82) is 0 Å². The molecule has 12 nitrogen and oxygen atoms in total. The van der Waals surface area contributed by atoms with Crippen LogP contribution in [0.3, 0.4) is 0 Å². The van der Waals surface area contributed by atoms with Gasteiger partial charge in [-0.15, -0.1) is 0 Å². The Hall–Kier alpha value is -2.60. The number of phosphoric ester groups is 1. The van der Waals surface area contributed by atoms with Gasteiger partial charge < -0.3 is 30.3 Å². The van der Waals surface area contributed by atoms with Crippen LogP contribution in [0.4, 0.5) is 0 Å². The molecule has 0 saturated carbocycles. The third kappa shape index (κ3) is 38.7. The van der Waals surface area contributed by atoms with Crippen molar-refractivity contribution in [3.63, 3.8) is 0 Å². The first-order chi connectivity index (χ1) is 27.5. The standard InChI is InChI=1S/C44H78NO11P/c1-3-5-6-7-8-9-10-11-12-17-20-23-26-29-32-35-43(48)56-40(37-54-57(51,52)55-38-41(45)44(49)50)36-53-42(47)34-31-28-25-22-19-16-14-13-15-18-21-24-27-30-33-39(46)4-2/h14-16,18,22,24-25,27,39-41,46H,3-13,17,19-21,23,26,28-38,45H2,1-2H3,(H,49,50)(H,51,52)/b16-14-,18-15-,25-22-,27-24-/t39-,40+,41-/m0/s1. The van der Waals surface area contributed by atoms with Gasteiger partial charge in [-0.05, 0) is 57.8 Å². The molecule has 4 atom stereocenters. The highest BCUT2D eigenvalue weighted by molar-refractivity contribution is 7.47. The minimum absolute atomic E-state index is 0.133. The average Bonchev–Trinajstić information content (AvgIpc) is 3.19. The molecule has 0 aromatic carbocycles. The average molecular weight is 828 g/mol. The zero-order chi connectivity index (χ0) is 42.2. The lowest BCUT2D eigenvalue weighted by Gasteiger charge is -2.20. The fourth-order valence-electron chi connectivity index (χ4n) is 5.63. The maximum atomic E-state index is 12.6. The van der Waals surface area contributed by atoms with E-state index in [2.05, 4.69) is 47.9 Å². The first-order valence-corrected chi connectivity index (χ1v) is 23.2. The maximum Gasteiger partial charge on any atom is 0.472 e. The number of phosphoric acid groups is 1. The van der Waals surface area contributed by atoms with Crippen LogP contribution in [-0.4, -0.2) is 71.1 Å². The predicted octanol–water partition coefficient (Wildman–Crippen LogP) is 10.4. The predicted molar refractivity (Wildman–Crippen MR) is 228 cm³/mol. The molecule has 0 aromatic rings. The molecule has 57 heavy (non-hydrogen) atoms. The lowest BCUT2D eigenvalue weighted by molar-refractivity contribution is -0.161. The second-order valence-corrected chi connectivity index (χ2v) is 16.1. The largest absolute Gasteiger partial charge is 0.480 e. The summed E-state index contributed by atoms with van der Waals surface area (Å²) >= 11 is 0. The number of aliphatic hydroxyl groups excluding tert-OH is 1. The molecular formula is C44H78NO11P. The SMILES string of the molecule is CCCCCCCCCCCCCCCCCC(=O)O[C@H](COC(=O)CCC/C=C\C/C=C\C/C=C\C/C=C\CC[C@@H](O)CC)COP(=O)(O)OC[C@H](N)C(=O)O. The van der Waals surface area contributed by atoms with Crippen LogP contribution in [0.25, 0.3) is 0 Å². The van der Waals surface area contributed by atoms with E-state index in [1.165, 1.54) is 70.6 Å². The Labute approximate surface area is 344 Å². The van der Waals surface area contributed by atoms with E-state index in [9.17, 15) is 28.9 Å². The number of hydrogen-bond donors (Lipinski definition) is 4. The fraction of sp³-hybridized carbons (Fsp3) is 0.750. The minimum atomic E-state index is -4.73. The van der Waals surface area contributed by atoms with E-state index < -0.39 is 51.1 Å². The van der Waals surface area contributed by atoms with E-state index in [4.69, 9.17) is 24.8 Å². The number of unbranched alkanes of at least 4 members (excludes halogenated alkanes) is 15. The van der Waals surface area contributed by atoms with Gasteiger partial charge in [0.25, 0.3) is 0 Å². The number of carboxylic acid groups (broad SMARTS) is 1. The zero-order valence-electron chi connectivity index (χ0n) is 35.3. The van der Waals surface area contributed by atoms with Crippen LogP contribution in [0.1, 0.15) is 174 Å². The third-order valence-electron chi connectivity index (χ3n) is 9.24. The summed E-state index contributed by atoms with van der Waals surface area (Å²) in [4.78, 5) is 45.9. The van der Waals surface area contributed by atoms with Crippen LogP contribution in [0.2, 0.25) is 0 Å². The Kier molecular flexibility index (Phi) is 37.1. The number of rotatable bonds is 40. The van der Waals surface area contributed by atoms with Crippen molar-refractivity contribution >= 4 is 25.7 Å². The van der Waals surface area contributed by atoms with Crippen LogP contribution in [0, 0.1) is 0 Å². The number of aliphatic carboxylic acids is 1. The van der Waals surface area contributed by atoms with Crippen molar-refractivity contribution < 1.29 is 52.6 Å². The van der Waals surface area contributed by atoms with Crippen molar-refractivity contribution in [1.82, 2.24) is 0 Å². The molecule has 0 aliphatic heterocycles. The molecule has 0 aliphatic rings. The quantitative estimate of drug-likeness (QED) is 0.0198. The van der Waals surface area contributed by atoms with Gasteiger partial charge in [-0.3, -0.25) is 23.4 Å². The maximum absolute atomic E-state index is 12.6. The normalized spacial score (nSPS) is 14.8. The van der Waals surface area contributed by atoms with Crippen molar-refractivity contribution in [2.45, 2.75) is 193 Å². The number of carbonyl (C=O) groups excluding carboxylic acids is 2. The summed E-state index contributed by atoms with van der Waals surface area (Å²) in [6.07, 6.45) is 39.8. The molecule has 0 bridgehead atoms. The monoisotopic (exact) mass is 828 g/mol. The van der Waals surface area contributed by atoms with Gasteiger partial charge in [-0.1, -0.05) is 152 Å². The van der Waals surface area contributed by atoms with Crippen LogP contribution >= 0.6 is 7.82 Å². The highest BCUT2D eigenvalue weighted by Gasteiger charge is 2.28. The van der Waals surface area contributed by atoms with Crippen molar-refractivity contribution in [2.24, 2.45) is 5.73 Å². The van der Waals surface area contributed by atoms with Gasteiger partial charge in [-0.2, -0.15) is 0 Å². The van der Waals surface area contributed by atoms with E-state index in [1.807, 2.05) is 19.1 Å². The molecule has 0 aliphatic carbocycles.